The van der Waals surface area contributed by atoms with Crippen molar-refractivity contribution in [3.8, 4) is 5.75 Å². The van der Waals surface area contributed by atoms with Crippen LogP contribution in [-0.4, -0.2) is 18.8 Å². The summed E-state index contributed by atoms with van der Waals surface area (Å²) in [4.78, 5) is 0. The van der Waals surface area contributed by atoms with E-state index < -0.39 is 0 Å². The fraction of sp³-hybridized carbons (Fsp3) is 0.538. The Morgan fingerprint density at radius 3 is 2.56 bits per heavy atom. The summed E-state index contributed by atoms with van der Waals surface area (Å²) in [6.07, 6.45) is 1.68. The lowest BCUT2D eigenvalue weighted by molar-refractivity contribution is 0.288. The molecule has 0 aromatic heterocycles. The molecular formula is C13H19BrO2. The number of hydrogen-bond acceptors (Lipinski definition) is 2. The quantitative estimate of drug-likeness (QED) is 0.898. The molecule has 0 amide bonds. The van der Waals surface area contributed by atoms with E-state index in [4.69, 9.17) is 9.84 Å². The Balaban J connectivity index is 3.15. The van der Waals surface area contributed by atoms with Crippen LogP contribution in [0.1, 0.15) is 37.3 Å². The summed E-state index contributed by atoms with van der Waals surface area (Å²) in [5.41, 5.74) is 2.51. The van der Waals surface area contributed by atoms with Crippen molar-refractivity contribution < 1.29 is 9.84 Å². The molecule has 0 aliphatic carbocycles. The first kappa shape index (κ1) is 13.5. The number of halogens is 1. The minimum atomic E-state index is 0.229. The van der Waals surface area contributed by atoms with Crippen LogP contribution in [0.4, 0.5) is 0 Å². The second-order valence-electron chi connectivity index (χ2n) is 4.16. The van der Waals surface area contributed by atoms with Crippen molar-refractivity contribution in [2.75, 3.05) is 13.7 Å². The lowest BCUT2D eigenvalue weighted by Gasteiger charge is -2.17. The van der Waals surface area contributed by atoms with E-state index in [-0.39, 0.29) is 6.61 Å². The van der Waals surface area contributed by atoms with E-state index in [1.807, 2.05) is 6.07 Å². The first-order valence-corrected chi connectivity index (χ1v) is 6.36. The van der Waals surface area contributed by atoms with E-state index in [9.17, 15) is 0 Å². The summed E-state index contributed by atoms with van der Waals surface area (Å²) in [5, 5.41) is 8.91. The Labute approximate surface area is 106 Å². The third kappa shape index (κ3) is 3.22. The number of ether oxygens (including phenoxy) is 1. The molecule has 1 aromatic carbocycles. The van der Waals surface area contributed by atoms with Gasteiger partial charge in [0.1, 0.15) is 5.75 Å². The van der Waals surface area contributed by atoms with E-state index in [2.05, 4.69) is 35.8 Å². The topological polar surface area (TPSA) is 29.5 Å². The Bertz CT molecular complexity index is 348. The molecule has 0 aliphatic rings. The lowest BCUT2D eigenvalue weighted by atomic mass is 9.93. The van der Waals surface area contributed by atoms with Crippen molar-refractivity contribution in [2.24, 2.45) is 0 Å². The van der Waals surface area contributed by atoms with E-state index in [0.29, 0.717) is 5.92 Å². The van der Waals surface area contributed by atoms with Gasteiger partial charge in [-0.2, -0.15) is 0 Å². The van der Waals surface area contributed by atoms with Crippen LogP contribution in [0, 0.1) is 0 Å². The highest BCUT2D eigenvalue weighted by Crippen LogP contribution is 2.33. The van der Waals surface area contributed by atoms with E-state index in [1.165, 1.54) is 11.1 Å². The summed E-state index contributed by atoms with van der Waals surface area (Å²) < 4.78 is 6.44. The molecule has 0 aliphatic heterocycles. The maximum atomic E-state index is 8.91. The smallest absolute Gasteiger partial charge is 0.123 e. The predicted octanol–water partition coefficient (Wildman–Crippen LogP) is 3.51. The summed E-state index contributed by atoms with van der Waals surface area (Å²) in [5.74, 6) is 1.36. The van der Waals surface area contributed by atoms with E-state index >= 15 is 0 Å². The normalized spacial score (nSPS) is 10.9. The minimum Gasteiger partial charge on any atom is -0.496 e. The van der Waals surface area contributed by atoms with Crippen molar-refractivity contribution >= 4 is 15.9 Å². The number of aryl methyl sites for hydroxylation is 1. The van der Waals surface area contributed by atoms with Crippen molar-refractivity contribution in [1.82, 2.24) is 0 Å². The van der Waals surface area contributed by atoms with Crippen LogP contribution < -0.4 is 4.74 Å². The number of aliphatic hydroxyl groups is 1. The zero-order valence-corrected chi connectivity index (χ0v) is 11.7. The van der Waals surface area contributed by atoms with Gasteiger partial charge in [-0.15, -0.1) is 0 Å². The van der Waals surface area contributed by atoms with Gasteiger partial charge in [-0.25, -0.2) is 0 Å². The molecule has 1 N–H and O–H groups in total. The first-order chi connectivity index (χ1) is 7.60. The average molecular weight is 287 g/mol. The number of rotatable bonds is 5. The maximum Gasteiger partial charge on any atom is 0.123 e. The number of methoxy groups -OCH3 is 1. The fourth-order valence-corrected chi connectivity index (χ4v) is 2.43. The highest BCUT2D eigenvalue weighted by atomic mass is 79.9. The molecular weight excluding hydrogens is 268 g/mol. The predicted molar refractivity (Wildman–Crippen MR) is 70.2 cm³/mol. The van der Waals surface area contributed by atoms with E-state index in [1.54, 1.807) is 7.11 Å². The highest BCUT2D eigenvalue weighted by Gasteiger charge is 2.13. The third-order valence-corrected chi connectivity index (χ3v) is 3.05. The number of benzene rings is 1. The van der Waals surface area contributed by atoms with Crippen molar-refractivity contribution in [1.29, 1.82) is 0 Å². The van der Waals surface area contributed by atoms with Crippen LogP contribution in [-0.2, 0) is 6.42 Å². The Hall–Kier alpha value is -0.540. The maximum absolute atomic E-state index is 8.91. The molecule has 90 valence electrons. The van der Waals surface area contributed by atoms with Gasteiger partial charge >= 0.3 is 0 Å². The Morgan fingerprint density at radius 2 is 2.06 bits per heavy atom. The molecule has 0 unspecified atom stereocenters. The molecule has 0 spiro atoms. The van der Waals surface area contributed by atoms with Crippen LogP contribution in [0.25, 0.3) is 0 Å². The van der Waals surface area contributed by atoms with E-state index in [0.717, 1.165) is 23.1 Å². The highest BCUT2D eigenvalue weighted by molar-refractivity contribution is 9.10. The number of hydrogen-bond donors (Lipinski definition) is 1. The monoisotopic (exact) mass is 286 g/mol. The number of aliphatic hydroxyl groups excluding tert-OH is 1. The fourth-order valence-electron chi connectivity index (χ4n) is 1.95. The minimum absolute atomic E-state index is 0.229. The van der Waals surface area contributed by atoms with Crippen LogP contribution in [0.3, 0.4) is 0 Å². The van der Waals surface area contributed by atoms with Gasteiger partial charge in [0.25, 0.3) is 0 Å². The molecule has 0 heterocycles. The van der Waals surface area contributed by atoms with Crippen molar-refractivity contribution in [3.05, 3.63) is 27.7 Å². The molecule has 0 bridgehead atoms. The Kier molecular flexibility index (Phi) is 5.29. The molecule has 0 saturated heterocycles. The molecule has 0 atom stereocenters. The summed E-state index contributed by atoms with van der Waals surface area (Å²) in [6.45, 7) is 4.55. The summed E-state index contributed by atoms with van der Waals surface area (Å²) >= 11 is 3.49. The largest absolute Gasteiger partial charge is 0.496 e. The molecule has 0 radical (unpaired) electrons. The average Bonchev–Trinajstić information content (AvgIpc) is 2.24. The summed E-state index contributed by atoms with van der Waals surface area (Å²) in [6, 6.07) is 4.12. The summed E-state index contributed by atoms with van der Waals surface area (Å²) in [7, 11) is 1.70. The molecule has 3 heteroatoms. The van der Waals surface area contributed by atoms with Crippen LogP contribution in [0.15, 0.2) is 16.6 Å². The molecule has 16 heavy (non-hydrogen) atoms. The second-order valence-corrected chi connectivity index (χ2v) is 5.08. The van der Waals surface area contributed by atoms with Gasteiger partial charge in [0.2, 0.25) is 0 Å². The third-order valence-electron chi connectivity index (χ3n) is 2.59. The van der Waals surface area contributed by atoms with Gasteiger partial charge < -0.3 is 9.84 Å². The molecule has 1 aromatic rings. The van der Waals surface area contributed by atoms with Gasteiger partial charge in [-0.1, -0.05) is 29.8 Å². The molecule has 0 saturated carbocycles. The SMILES string of the molecule is COc1cc(Br)cc(CCCO)c1C(C)C. The molecule has 1 rings (SSSR count). The van der Waals surface area contributed by atoms with Crippen LogP contribution >= 0.6 is 15.9 Å². The van der Waals surface area contributed by atoms with Crippen LogP contribution in [0.5, 0.6) is 5.75 Å². The first-order valence-electron chi connectivity index (χ1n) is 5.57. The van der Waals surface area contributed by atoms with Gasteiger partial charge in [0, 0.05) is 11.1 Å². The standard InChI is InChI=1S/C13H19BrO2/c1-9(2)13-10(5-4-6-15)7-11(14)8-12(13)16-3/h7-9,15H,4-6H2,1-3H3. The lowest BCUT2D eigenvalue weighted by Crippen LogP contribution is -2.02. The molecule has 2 nitrogen and oxygen atoms in total. The molecule has 0 fully saturated rings. The van der Waals surface area contributed by atoms with Gasteiger partial charge in [0.05, 0.1) is 7.11 Å². The van der Waals surface area contributed by atoms with Crippen molar-refractivity contribution in [3.63, 3.8) is 0 Å². The van der Waals surface area contributed by atoms with Gasteiger partial charge in [-0.05, 0) is 42.0 Å². The second kappa shape index (κ2) is 6.26. The zero-order chi connectivity index (χ0) is 12.1. The van der Waals surface area contributed by atoms with Crippen molar-refractivity contribution in [2.45, 2.75) is 32.6 Å². The van der Waals surface area contributed by atoms with Gasteiger partial charge in [-0.3, -0.25) is 0 Å². The Morgan fingerprint density at radius 1 is 1.38 bits per heavy atom. The van der Waals surface area contributed by atoms with Crippen LogP contribution in [0.2, 0.25) is 0 Å². The zero-order valence-electron chi connectivity index (χ0n) is 10.1. The van der Waals surface area contributed by atoms with Gasteiger partial charge in [0.15, 0.2) is 0 Å².